The minimum absolute atomic E-state index is 0.0375. The number of phenols is 1. The third kappa shape index (κ3) is 2.16. The van der Waals surface area contributed by atoms with E-state index in [2.05, 4.69) is 15.3 Å². The van der Waals surface area contributed by atoms with Crippen LogP contribution in [0.15, 0.2) is 55.0 Å². The van der Waals surface area contributed by atoms with Crippen molar-refractivity contribution in [2.45, 2.75) is 0 Å². The number of carbonyl (C=O) groups excluding carboxylic acids is 1. The van der Waals surface area contributed by atoms with Crippen LogP contribution >= 0.6 is 0 Å². The lowest BCUT2D eigenvalue weighted by molar-refractivity contribution is 0.102. The normalized spacial score (nSPS) is 10.4. The molecule has 98 valence electrons. The van der Waals surface area contributed by atoms with Crippen molar-refractivity contribution in [1.82, 2.24) is 9.97 Å². The van der Waals surface area contributed by atoms with Gasteiger partial charge in [-0.1, -0.05) is 30.3 Å². The SMILES string of the molecule is O=C(Nc1cnccn1)c1ccc2ccccc2c1O. The van der Waals surface area contributed by atoms with Crippen LogP contribution in [-0.2, 0) is 0 Å². The molecular weight excluding hydrogens is 254 g/mol. The molecule has 5 heteroatoms. The molecule has 3 rings (SSSR count). The highest BCUT2D eigenvalue weighted by molar-refractivity contribution is 6.09. The van der Waals surface area contributed by atoms with Crippen LogP contribution in [0.3, 0.4) is 0 Å². The lowest BCUT2D eigenvalue weighted by Gasteiger charge is -2.08. The summed E-state index contributed by atoms with van der Waals surface area (Å²) in [7, 11) is 0. The largest absolute Gasteiger partial charge is 0.506 e. The number of anilines is 1. The van der Waals surface area contributed by atoms with Crippen molar-refractivity contribution in [2.75, 3.05) is 5.32 Å². The fourth-order valence-corrected chi connectivity index (χ4v) is 1.99. The van der Waals surface area contributed by atoms with Crippen molar-refractivity contribution in [3.05, 3.63) is 60.6 Å². The first kappa shape index (κ1) is 12.1. The lowest BCUT2D eigenvalue weighted by atomic mass is 10.0. The van der Waals surface area contributed by atoms with Gasteiger partial charge in [0.05, 0.1) is 11.8 Å². The summed E-state index contributed by atoms with van der Waals surface area (Å²) >= 11 is 0. The predicted octanol–water partition coefficient (Wildman–Crippen LogP) is 2.59. The molecule has 2 N–H and O–H groups in total. The average molecular weight is 265 g/mol. The molecule has 0 unspecified atom stereocenters. The molecule has 0 spiro atoms. The van der Waals surface area contributed by atoms with Gasteiger partial charge in [-0.05, 0) is 11.5 Å². The molecule has 0 saturated carbocycles. The highest BCUT2D eigenvalue weighted by Crippen LogP contribution is 2.28. The summed E-state index contributed by atoms with van der Waals surface area (Å²) < 4.78 is 0. The summed E-state index contributed by atoms with van der Waals surface area (Å²) in [5.41, 5.74) is 0.203. The van der Waals surface area contributed by atoms with Crippen LogP contribution in [0, 0.1) is 0 Å². The lowest BCUT2D eigenvalue weighted by Crippen LogP contribution is -2.13. The second-order valence-corrected chi connectivity index (χ2v) is 4.23. The molecule has 5 nitrogen and oxygen atoms in total. The molecule has 0 aliphatic rings. The molecule has 20 heavy (non-hydrogen) atoms. The van der Waals surface area contributed by atoms with Crippen molar-refractivity contribution in [1.29, 1.82) is 0 Å². The number of phenolic OH excluding ortho intramolecular Hbond substituents is 1. The highest BCUT2D eigenvalue weighted by Gasteiger charge is 2.14. The summed E-state index contributed by atoms with van der Waals surface area (Å²) in [5.74, 6) is -0.122. The number of nitrogens with one attached hydrogen (secondary N) is 1. The second-order valence-electron chi connectivity index (χ2n) is 4.23. The van der Waals surface area contributed by atoms with Gasteiger partial charge >= 0.3 is 0 Å². The van der Waals surface area contributed by atoms with Crippen molar-refractivity contribution in [2.24, 2.45) is 0 Å². The Hall–Kier alpha value is -2.95. The second kappa shape index (κ2) is 4.97. The van der Waals surface area contributed by atoms with Crippen molar-refractivity contribution >= 4 is 22.5 Å². The van der Waals surface area contributed by atoms with Gasteiger partial charge in [0.25, 0.3) is 5.91 Å². The Morgan fingerprint density at radius 2 is 1.95 bits per heavy atom. The third-order valence-electron chi connectivity index (χ3n) is 2.95. The monoisotopic (exact) mass is 265 g/mol. The van der Waals surface area contributed by atoms with Gasteiger partial charge in [0.1, 0.15) is 5.75 Å². The van der Waals surface area contributed by atoms with Crippen LogP contribution in [0.25, 0.3) is 10.8 Å². The van der Waals surface area contributed by atoms with Gasteiger partial charge in [-0.3, -0.25) is 9.78 Å². The first-order valence-electron chi connectivity index (χ1n) is 6.04. The van der Waals surface area contributed by atoms with E-state index in [9.17, 15) is 9.90 Å². The predicted molar refractivity (Wildman–Crippen MR) is 75.6 cm³/mol. The summed E-state index contributed by atoms with van der Waals surface area (Å²) in [6.07, 6.45) is 4.44. The number of rotatable bonds is 2. The van der Waals surface area contributed by atoms with Gasteiger partial charge in [-0.2, -0.15) is 0 Å². The number of benzene rings is 2. The van der Waals surface area contributed by atoms with E-state index < -0.39 is 5.91 Å². The van der Waals surface area contributed by atoms with Gasteiger partial charge in [0, 0.05) is 17.8 Å². The van der Waals surface area contributed by atoms with Crippen molar-refractivity contribution in [3.63, 3.8) is 0 Å². The van der Waals surface area contributed by atoms with Gasteiger partial charge in [0.15, 0.2) is 5.82 Å². The summed E-state index contributed by atoms with van der Waals surface area (Å²) in [4.78, 5) is 20.0. The summed E-state index contributed by atoms with van der Waals surface area (Å²) in [6, 6.07) is 10.7. The van der Waals surface area contributed by atoms with Crippen LogP contribution in [0.5, 0.6) is 5.75 Å². The van der Waals surface area contributed by atoms with Gasteiger partial charge in [-0.25, -0.2) is 4.98 Å². The zero-order chi connectivity index (χ0) is 13.9. The fourth-order valence-electron chi connectivity index (χ4n) is 1.99. The Morgan fingerprint density at radius 1 is 1.10 bits per heavy atom. The highest BCUT2D eigenvalue weighted by atomic mass is 16.3. The first-order valence-corrected chi connectivity index (χ1v) is 6.04. The summed E-state index contributed by atoms with van der Waals surface area (Å²) in [6.45, 7) is 0. The molecule has 0 fully saturated rings. The van der Waals surface area contributed by atoms with E-state index >= 15 is 0 Å². The van der Waals surface area contributed by atoms with E-state index in [0.29, 0.717) is 11.2 Å². The number of nitrogens with zero attached hydrogens (tertiary/aromatic N) is 2. The molecule has 0 bridgehead atoms. The Balaban J connectivity index is 1.98. The molecule has 1 aromatic heterocycles. The Morgan fingerprint density at radius 3 is 2.75 bits per heavy atom. The molecule has 1 amide bonds. The molecule has 0 radical (unpaired) electrons. The fraction of sp³-hybridized carbons (Fsp3) is 0. The topological polar surface area (TPSA) is 75.1 Å². The number of hydrogen-bond donors (Lipinski definition) is 2. The van der Waals surface area contributed by atoms with Crippen LogP contribution in [-0.4, -0.2) is 21.0 Å². The Kier molecular flexibility index (Phi) is 3.01. The molecule has 0 aliphatic heterocycles. The van der Waals surface area contributed by atoms with E-state index in [1.165, 1.54) is 18.6 Å². The minimum atomic E-state index is -0.422. The molecule has 0 aliphatic carbocycles. The van der Waals surface area contributed by atoms with Crippen molar-refractivity contribution in [3.8, 4) is 5.75 Å². The van der Waals surface area contributed by atoms with Crippen LogP contribution in [0.1, 0.15) is 10.4 Å². The zero-order valence-corrected chi connectivity index (χ0v) is 10.4. The maximum atomic E-state index is 12.1. The zero-order valence-electron chi connectivity index (χ0n) is 10.4. The van der Waals surface area contributed by atoms with Crippen LogP contribution in [0.4, 0.5) is 5.82 Å². The Labute approximate surface area is 114 Å². The first-order chi connectivity index (χ1) is 9.75. The van der Waals surface area contributed by atoms with E-state index in [1.807, 2.05) is 18.2 Å². The van der Waals surface area contributed by atoms with E-state index in [4.69, 9.17) is 0 Å². The van der Waals surface area contributed by atoms with Crippen LogP contribution in [0.2, 0.25) is 0 Å². The van der Waals surface area contributed by atoms with E-state index in [-0.39, 0.29) is 11.3 Å². The van der Waals surface area contributed by atoms with Gasteiger partial charge in [0.2, 0.25) is 0 Å². The van der Waals surface area contributed by atoms with Crippen LogP contribution < -0.4 is 5.32 Å². The van der Waals surface area contributed by atoms with Gasteiger partial charge < -0.3 is 10.4 Å². The van der Waals surface area contributed by atoms with Gasteiger partial charge in [-0.15, -0.1) is 0 Å². The van der Waals surface area contributed by atoms with E-state index in [0.717, 1.165) is 5.39 Å². The number of aromatic hydroxyl groups is 1. The maximum absolute atomic E-state index is 12.1. The maximum Gasteiger partial charge on any atom is 0.260 e. The molecular formula is C15H11N3O2. The molecule has 1 heterocycles. The Bertz CT molecular complexity index is 772. The number of aromatic nitrogens is 2. The molecule has 0 atom stereocenters. The third-order valence-corrected chi connectivity index (χ3v) is 2.95. The molecule has 2 aromatic carbocycles. The standard InChI is InChI=1S/C15H11N3O2/c19-14-11-4-2-1-3-10(11)5-6-12(14)15(20)18-13-9-16-7-8-17-13/h1-9,19H,(H,17,18,20). The smallest absolute Gasteiger partial charge is 0.260 e. The average Bonchev–Trinajstić information content (AvgIpc) is 2.49. The number of fused-ring (bicyclic) bond motifs is 1. The van der Waals surface area contributed by atoms with E-state index in [1.54, 1.807) is 18.2 Å². The number of hydrogen-bond acceptors (Lipinski definition) is 4. The molecule has 3 aromatic rings. The quantitative estimate of drug-likeness (QED) is 0.746. The number of carbonyl (C=O) groups is 1. The summed E-state index contributed by atoms with van der Waals surface area (Å²) in [5, 5.41) is 14.3. The molecule has 0 saturated heterocycles. The van der Waals surface area contributed by atoms with Crippen molar-refractivity contribution < 1.29 is 9.90 Å². The minimum Gasteiger partial charge on any atom is -0.506 e. The number of amides is 1.